The summed E-state index contributed by atoms with van der Waals surface area (Å²) in [6.07, 6.45) is 8.86. The summed E-state index contributed by atoms with van der Waals surface area (Å²) in [6.45, 7) is 4.60. The highest BCUT2D eigenvalue weighted by Gasteiger charge is 2.22. The number of nitrogens with one attached hydrogen (secondary N) is 2. The number of likely N-dealkylation sites (N-methyl/N-ethyl adjacent to an activating group) is 2. The Morgan fingerprint density at radius 3 is 1.60 bits per heavy atom. The number of rotatable bonds is 10. The molecular weight excluding hydrogens is 897 g/mol. The first kappa shape index (κ1) is 45.6. The molecule has 65 heavy (non-hydrogen) atoms. The van der Waals surface area contributed by atoms with Gasteiger partial charge in [-0.05, 0) is 106 Å². The van der Waals surface area contributed by atoms with Gasteiger partial charge in [0.05, 0.1) is 52.0 Å². The van der Waals surface area contributed by atoms with E-state index >= 15 is 0 Å². The fourth-order valence-corrected chi connectivity index (χ4v) is 7.92. The SMILES string of the molecule is CN1CC[C@@H](O)C1.CN1CC[C@@H](Oc2ccnc(NCc3c(-c4ccc(F)cc4)nc4ccc(Cl)cn34)n2)C1.Fc1ccc(-c2nc3ccc(Cl)cn3c2CNc2nccc(Cl)n2)cc1. The summed E-state index contributed by atoms with van der Waals surface area (Å²) in [7, 11) is 4.10. The molecule has 2 aliphatic rings. The number of β-amino-alcohol motifs (C(OH)–C–C–N with tert-alkyl or cyclic N) is 1. The lowest BCUT2D eigenvalue weighted by Crippen LogP contribution is -2.22. The van der Waals surface area contributed by atoms with E-state index < -0.39 is 0 Å². The van der Waals surface area contributed by atoms with Crippen LogP contribution in [0.1, 0.15) is 24.2 Å². The molecule has 8 heterocycles. The molecule has 3 N–H and O–H groups in total. The summed E-state index contributed by atoms with van der Waals surface area (Å²) >= 11 is 18.3. The largest absolute Gasteiger partial charge is 0.473 e. The van der Waals surface area contributed by atoms with Crippen molar-refractivity contribution in [1.82, 2.24) is 48.5 Å². The van der Waals surface area contributed by atoms with Crippen LogP contribution in [0.3, 0.4) is 0 Å². The predicted molar refractivity (Wildman–Crippen MR) is 250 cm³/mol. The highest BCUT2D eigenvalue weighted by atomic mass is 35.5. The van der Waals surface area contributed by atoms with Crippen molar-refractivity contribution in [1.29, 1.82) is 0 Å². The fraction of sp³-hybridized carbons (Fsp3) is 0.261. The Bertz CT molecular complexity index is 2860. The summed E-state index contributed by atoms with van der Waals surface area (Å²) in [5.41, 5.74) is 6.26. The number of hydrogen-bond donors (Lipinski definition) is 3. The molecule has 2 aliphatic heterocycles. The number of aliphatic hydroxyl groups excluding tert-OH is 1. The van der Waals surface area contributed by atoms with Crippen LogP contribution in [0.25, 0.3) is 33.8 Å². The molecule has 0 bridgehead atoms. The molecule has 0 unspecified atom stereocenters. The van der Waals surface area contributed by atoms with E-state index in [4.69, 9.17) is 49.6 Å². The second-order valence-electron chi connectivity index (χ2n) is 15.6. The second-order valence-corrected chi connectivity index (χ2v) is 16.9. The van der Waals surface area contributed by atoms with Crippen molar-refractivity contribution < 1.29 is 18.6 Å². The molecule has 10 rings (SSSR count). The van der Waals surface area contributed by atoms with Crippen LogP contribution in [-0.4, -0.2) is 106 Å². The number of aromatic nitrogens is 8. The lowest BCUT2D eigenvalue weighted by molar-refractivity contribution is 0.182. The molecule has 0 spiro atoms. The standard InChI is InChI=1S/C23H22ClFN6O.C18H12Cl2FN5.C5H11NO/c1-30-11-9-18(14-30)32-21-8-10-26-23(29-21)27-12-19-22(15-2-5-17(25)6-3-15)28-20-7-4-16(24)13-31(19)20;19-12-3-6-16-25-17(11-1-4-13(21)5-2-11)14(26(16)10-12)9-23-18-22-8-7-15(20)24-18;1-6-3-2-5(7)4-6/h2-8,10,13,18H,9,11-12,14H2,1H3,(H,26,27,29);1-8,10H,9H2,(H,22,23,24);5,7H,2-4H2,1H3/t18-;;5-/m1.1/s1. The van der Waals surface area contributed by atoms with E-state index in [0.29, 0.717) is 46.1 Å². The third-order valence-corrected chi connectivity index (χ3v) is 11.3. The smallest absolute Gasteiger partial charge is 0.226 e. The highest BCUT2D eigenvalue weighted by Crippen LogP contribution is 2.29. The minimum atomic E-state index is -0.299. The molecule has 2 saturated heterocycles. The van der Waals surface area contributed by atoms with Gasteiger partial charge in [0.15, 0.2) is 0 Å². The van der Waals surface area contributed by atoms with E-state index in [2.05, 4.69) is 52.4 Å². The summed E-state index contributed by atoms with van der Waals surface area (Å²) in [5, 5.41) is 16.8. The Morgan fingerprint density at radius 1 is 0.631 bits per heavy atom. The molecule has 0 radical (unpaired) electrons. The van der Waals surface area contributed by atoms with Crippen LogP contribution < -0.4 is 15.4 Å². The number of ether oxygens (including phenoxy) is 1. The average molecular weight is 942 g/mol. The summed E-state index contributed by atoms with van der Waals surface area (Å²) in [6, 6.07) is 23.1. The first-order chi connectivity index (χ1) is 31.4. The molecule has 2 atom stereocenters. The van der Waals surface area contributed by atoms with Crippen LogP contribution >= 0.6 is 34.8 Å². The van der Waals surface area contributed by atoms with Gasteiger partial charge >= 0.3 is 0 Å². The van der Waals surface area contributed by atoms with Crippen LogP contribution in [0.4, 0.5) is 20.7 Å². The van der Waals surface area contributed by atoms with E-state index in [1.54, 1.807) is 67.1 Å². The molecular formula is C46H45Cl3F2N12O2. The maximum atomic E-state index is 13.4. The number of halogens is 5. The zero-order valence-electron chi connectivity index (χ0n) is 35.4. The zero-order valence-corrected chi connectivity index (χ0v) is 37.7. The van der Waals surface area contributed by atoms with E-state index in [1.807, 2.05) is 34.2 Å². The maximum absolute atomic E-state index is 13.4. The lowest BCUT2D eigenvalue weighted by atomic mass is 10.1. The van der Waals surface area contributed by atoms with Crippen LogP contribution in [0, 0.1) is 11.6 Å². The molecule has 2 fully saturated rings. The molecule has 0 aliphatic carbocycles. The minimum absolute atomic E-state index is 0.0509. The van der Waals surface area contributed by atoms with Gasteiger partial charge in [0.2, 0.25) is 17.8 Å². The van der Waals surface area contributed by atoms with Gasteiger partial charge in [-0.2, -0.15) is 4.98 Å². The molecule has 0 saturated carbocycles. The van der Waals surface area contributed by atoms with E-state index in [1.165, 1.54) is 24.3 Å². The highest BCUT2D eigenvalue weighted by molar-refractivity contribution is 6.30. The number of anilines is 2. The van der Waals surface area contributed by atoms with Gasteiger partial charge in [-0.1, -0.05) is 34.8 Å². The van der Waals surface area contributed by atoms with Gasteiger partial charge in [0.25, 0.3) is 0 Å². The Kier molecular flexibility index (Phi) is 14.6. The molecule has 336 valence electrons. The number of fused-ring (bicyclic) bond motifs is 2. The average Bonchev–Trinajstić information content (AvgIpc) is 4.08. The number of benzene rings is 2. The van der Waals surface area contributed by atoms with Crippen molar-refractivity contribution in [3.05, 3.63) is 148 Å². The topological polar surface area (TPSA) is 146 Å². The van der Waals surface area contributed by atoms with Crippen LogP contribution in [0.2, 0.25) is 15.2 Å². The number of likely N-dealkylation sites (tertiary alicyclic amines) is 2. The number of imidazole rings is 2. The number of nitrogens with zero attached hydrogens (tertiary/aromatic N) is 10. The van der Waals surface area contributed by atoms with Crippen LogP contribution in [0.5, 0.6) is 5.88 Å². The Hall–Kier alpha value is -6.01. The second kappa shape index (κ2) is 20.9. The van der Waals surface area contributed by atoms with Crippen LogP contribution in [0.15, 0.2) is 110 Å². The van der Waals surface area contributed by atoms with Crippen molar-refractivity contribution in [2.75, 3.05) is 50.9 Å². The van der Waals surface area contributed by atoms with E-state index in [9.17, 15) is 8.78 Å². The van der Waals surface area contributed by atoms with Crippen molar-refractivity contribution in [3.8, 4) is 28.4 Å². The maximum Gasteiger partial charge on any atom is 0.226 e. The van der Waals surface area contributed by atoms with Gasteiger partial charge in [0.1, 0.15) is 34.2 Å². The normalized spacial score (nSPS) is 16.2. The molecule has 8 aromatic rings. The molecule has 2 aromatic carbocycles. The van der Waals surface area contributed by atoms with Gasteiger partial charge in [-0.15, -0.1) is 0 Å². The summed E-state index contributed by atoms with van der Waals surface area (Å²) in [5.74, 6) is 0.810. The Balaban J connectivity index is 0.000000156. The summed E-state index contributed by atoms with van der Waals surface area (Å²) < 4.78 is 36.5. The third-order valence-electron chi connectivity index (χ3n) is 10.7. The first-order valence-electron chi connectivity index (χ1n) is 20.8. The fourth-order valence-electron chi connectivity index (χ4n) is 7.46. The van der Waals surface area contributed by atoms with Crippen molar-refractivity contribution in [2.45, 2.75) is 38.1 Å². The molecule has 19 heteroatoms. The van der Waals surface area contributed by atoms with Gasteiger partial charge in [0, 0.05) is 68.2 Å². The van der Waals surface area contributed by atoms with Crippen molar-refractivity contribution >= 4 is 58.0 Å². The Morgan fingerprint density at radius 2 is 1.14 bits per heavy atom. The zero-order chi connectivity index (χ0) is 45.5. The quantitative estimate of drug-likeness (QED) is 0.113. The first-order valence-corrected chi connectivity index (χ1v) is 21.9. The van der Waals surface area contributed by atoms with E-state index in [-0.39, 0.29) is 23.8 Å². The number of aliphatic hydroxyl groups is 1. The Labute approximate surface area is 388 Å². The van der Waals surface area contributed by atoms with Crippen LogP contribution in [-0.2, 0) is 13.1 Å². The van der Waals surface area contributed by atoms with Gasteiger partial charge in [-0.3, -0.25) is 0 Å². The minimum Gasteiger partial charge on any atom is -0.473 e. The van der Waals surface area contributed by atoms with Gasteiger partial charge < -0.3 is 39.1 Å². The molecule has 6 aromatic heterocycles. The van der Waals surface area contributed by atoms with E-state index in [0.717, 1.165) is 84.2 Å². The summed E-state index contributed by atoms with van der Waals surface area (Å²) in [4.78, 5) is 30.8. The van der Waals surface area contributed by atoms with Crippen molar-refractivity contribution in [3.63, 3.8) is 0 Å². The van der Waals surface area contributed by atoms with Crippen molar-refractivity contribution in [2.24, 2.45) is 0 Å². The number of pyridine rings is 2. The lowest BCUT2D eigenvalue weighted by Gasteiger charge is -2.13. The molecule has 14 nitrogen and oxygen atoms in total. The number of hydrogen-bond acceptors (Lipinski definition) is 12. The monoisotopic (exact) mass is 940 g/mol. The molecule has 0 amide bonds. The third kappa shape index (κ3) is 11.8. The van der Waals surface area contributed by atoms with Gasteiger partial charge in [-0.25, -0.2) is 33.7 Å². The predicted octanol–water partition coefficient (Wildman–Crippen LogP) is 8.81.